The lowest BCUT2D eigenvalue weighted by Crippen LogP contribution is -2.57. The lowest BCUT2D eigenvalue weighted by Gasteiger charge is -2.43. The van der Waals surface area contributed by atoms with Gasteiger partial charge in [0.05, 0.1) is 6.04 Å². The fourth-order valence-electron chi connectivity index (χ4n) is 7.64. The zero-order valence-electron chi connectivity index (χ0n) is 36.4. The van der Waals surface area contributed by atoms with E-state index in [0.29, 0.717) is 44.8 Å². The summed E-state index contributed by atoms with van der Waals surface area (Å²) in [4.78, 5) is 46.1. The molecule has 2 atom stereocenters. The normalized spacial score (nSPS) is 19.5. The van der Waals surface area contributed by atoms with E-state index in [1.807, 2.05) is 0 Å². The second-order valence-corrected chi connectivity index (χ2v) is 18.9. The molecule has 0 aromatic carbocycles. The average Bonchev–Trinajstić information content (AvgIpc) is 3.66. The molecule has 2 bridgehead atoms. The second-order valence-electron chi connectivity index (χ2n) is 17.8. The Morgan fingerprint density at radius 2 is 1.52 bits per heavy atom. The van der Waals surface area contributed by atoms with Gasteiger partial charge in [-0.1, -0.05) is 66.2 Å². The van der Waals surface area contributed by atoms with Crippen molar-refractivity contribution in [3.63, 3.8) is 0 Å². The maximum absolute atomic E-state index is 13.7. The third kappa shape index (κ3) is 13.2. The summed E-state index contributed by atoms with van der Waals surface area (Å²) in [7, 11) is -4.66. The molecule has 1 aromatic rings. The molecule has 3 aliphatic rings. The van der Waals surface area contributed by atoms with E-state index in [1.165, 1.54) is 4.90 Å². The van der Waals surface area contributed by atoms with Crippen LogP contribution in [0.1, 0.15) is 164 Å². The highest BCUT2D eigenvalue weighted by Gasteiger charge is 2.50. The number of hydrogen-bond donors (Lipinski definition) is 1. The van der Waals surface area contributed by atoms with Gasteiger partial charge in [-0.25, -0.2) is 14.4 Å². The number of unbranched alkanes of at least 4 members (excludes halogenated alkanes) is 3. The number of rotatable bonds is 19. The van der Waals surface area contributed by atoms with Gasteiger partial charge in [-0.05, 0) is 80.1 Å². The molecule has 19 heteroatoms. The summed E-state index contributed by atoms with van der Waals surface area (Å²) in [6.07, 6.45) is 8.42. The summed E-state index contributed by atoms with van der Waals surface area (Å²) in [6, 6.07) is -1.67. The van der Waals surface area contributed by atoms with E-state index in [2.05, 4.69) is 48.2 Å². The number of carbonyl (C=O) groups is 3. The first kappa shape index (κ1) is 47.1. The van der Waals surface area contributed by atoms with E-state index in [9.17, 15) is 22.8 Å². The maximum Gasteiger partial charge on any atom is 0.437 e. The van der Waals surface area contributed by atoms with Crippen molar-refractivity contribution in [1.82, 2.24) is 35.4 Å². The van der Waals surface area contributed by atoms with Gasteiger partial charge < -0.3 is 23.7 Å². The van der Waals surface area contributed by atoms with Crippen molar-refractivity contribution >= 4 is 34.6 Å². The zero-order chi connectivity index (χ0) is 42.9. The Morgan fingerprint density at radius 3 is 2.10 bits per heavy atom. The Bertz CT molecular complexity index is 1660. The predicted molar refractivity (Wildman–Crippen MR) is 215 cm³/mol. The number of piperidine rings is 1. The van der Waals surface area contributed by atoms with Gasteiger partial charge in [0.1, 0.15) is 17.2 Å². The van der Waals surface area contributed by atoms with E-state index in [1.54, 1.807) is 51.5 Å². The molecule has 0 aliphatic carbocycles. The van der Waals surface area contributed by atoms with Crippen molar-refractivity contribution in [2.75, 3.05) is 26.2 Å². The first-order valence-corrected chi connectivity index (χ1v) is 22.5. The molecular weight excluding hydrogens is 773 g/mol. The van der Waals surface area contributed by atoms with Gasteiger partial charge in [0.2, 0.25) is 17.7 Å². The number of guanidine groups is 1. The minimum atomic E-state index is -4.66. The van der Waals surface area contributed by atoms with E-state index in [-0.39, 0.29) is 24.3 Å². The largest absolute Gasteiger partial charge is 0.444 e. The van der Waals surface area contributed by atoms with E-state index >= 15 is 0 Å². The number of aromatic nitrogens is 2. The molecular formula is C39H68N8O10S. The van der Waals surface area contributed by atoms with Crippen LogP contribution in [-0.4, -0.2) is 112 Å². The van der Waals surface area contributed by atoms with Gasteiger partial charge in [-0.15, -0.1) is 19.5 Å². The quantitative estimate of drug-likeness (QED) is 0.0819. The first-order chi connectivity index (χ1) is 27.2. The molecule has 4 heterocycles. The monoisotopic (exact) mass is 840 g/mol. The predicted octanol–water partition coefficient (Wildman–Crippen LogP) is 7.43. The topological polar surface area (TPSA) is 199 Å². The summed E-state index contributed by atoms with van der Waals surface area (Å²) in [5.41, 5.74) is -2.00. The van der Waals surface area contributed by atoms with Gasteiger partial charge in [0.25, 0.3) is 0 Å². The first-order valence-electron chi connectivity index (χ1n) is 21.1. The molecule has 0 unspecified atom stereocenters. The number of likely N-dealkylation sites (tertiary alicyclic amines) is 1. The number of hydrogen-bond acceptors (Lipinski definition) is 13. The van der Waals surface area contributed by atoms with Crippen LogP contribution in [0.3, 0.4) is 0 Å². The number of ether oxygens (including phenoxy) is 2. The number of nitrogens with zero attached hydrogens (tertiary/aromatic N) is 7. The Hall–Kier alpha value is -3.55. The summed E-state index contributed by atoms with van der Waals surface area (Å²) in [5.74, 6) is 0.640. The van der Waals surface area contributed by atoms with Gasteiger partial charge in [-0.2, -0.15) is 22.8 Å². The lowest BCUT2D eigenvalue weighted by molar-refractivity contribution is -0.172. The van der Waals surface area contributed by atoms with Gasteiger partial charge in [-0.3, -0.25) is 5.32 Å². The number of amides is 4. The molecule has 0 spiro atoms. The number of fused-ring (bicyclic) bond motifs is 2. The van der Waals surface area contributed by atoms with Crippen LogP contribution < -0.4 is 5.32 Å². The smallest absolute Gasteiger partial charge is 0.437 e. The Kier molecular flexibility index (Phi) is 16.4. The highest BCUT2D eigenvalue weighted by atomic mass is 32.3. The van der Waals surface area contributed by atoms with Crippen molar-refractivity contribution in [2.24, 2.45) is 10.9 Å². The van der Waals surface area contributed by atoms with Crippen molar-refractivity contribution in [2.45, 2.75) is 182 Å². The standard InChI is InChI=1S/C39H68N8O10S/c1-11-15-21-39(20-14-4,22-16-12-2)46(23-17-13-3)56-58(51,52)57-47-29-18-19-30(45(27-29)36(47)50)32-43-42-31(53-32)24-28-25-44(26-28)33(40-34(48)54-37(5,6)7)41-35(49)55-38(8,9)10/h28-30H,11-27H2,1-10H3,(H,40,41,48,49)/t29-,30-/m0/s1. The molecule has 3 fully saturated rings. The maximum atomic E-state index is 13.7. The van der Waals surface area contributed by atoms with Gasteiger partial charge in [0.15, 0.2) is 0 Å². The van der Waals surface area contributed by atoms with Crippen LogP contribution in [0.4, 0.5) is 14.4 Å². The molecule has 0 saturated carbocycles. The Morgan fingerprint density at radius 1 is 0.879 bits per heavy atom. The van der Waals surface area contributed by atoms with Crippen LogP contribution in [0.15, 0.2) is 9.41 Å². The third-order valence-electron chi connectivity index (χ3n) is 10.3. The van der Waals surface area contributed by atoms with Crippen LogP contribution in [-0.2, 0) is 34.9 Å². The van der Waals surface area contributed by atoms with Crippen LogP contribution in [0, 0.1) is 5.92 Å². The molecule has 4 rings (SSSR count). The number of nitrogens with one attached hydrogen (secondary N) is 1. The molecule has 4 amide bonds. The van der Waals surface area contributed by atoms with Gasteiger partial charge >= 0.3 is 28.6 Å². The molecule has 3 saturated heterocycles. The van der Waals surface area contributed by atoms with Crippen molar-refractivity contribution in [3.8, 4) is 0 Å². The van der Waals surface area contributed by atoms with E-state index < -0.39 is 57.4 Å². The van der Waals surface area contributed by atoms with Gasteiger partial charge in [0, 0.05) is 44.1 Å². The summed E-state index contributed by atoms with van der Waals surface area (Å²) >= 11 is 0. The zero-order valence-corrected chi connectivity index (χ0v) is 37.2. The fourth-order valence-corrected chi connectivity index (χ4v) is 8.50. The van der Waals surface area contributed by atoms with Crippen LogP contribution >= 0.6 is 0 Å². The number of carbonyl (C=O) groups excluding carboxylic acids is 3. The minimum Gasteiger partial charge on any atom is -0.444 e. The van der Waals surface area contributed by atoms with Crippen LogP contribution in [0.2, 0.25) is 0 Å². The Labute approximate surface area is 344 Å². The summed E-state index contributed by atoms with van der Waals surface area (Å²) < 4.78 is 55.5. The molecule has 18 nitrogen and oxygen atoms in total. The van der Waals surface area contributed by atoms with E-state index in [4.69, 9.17) is 22.5 Å². The SMILES string of the molecule is CCCCN(OS(=O)(=O)ON1C(=O)N2C[C@@H]1CC[C@H]2c1nnc(CC2CN(C(=NC(=O)OC(C)(C)C)NC(=O)OC(C)(C)C)C2)o1)C(CCC)(CCCC)CCCC. The average molecular weight is 841 g/mol. The molecule has 330 valence electrons. The second kappa shape index (κ2) is 20.1. The third-order valence-corrected chi connectivity index (χ3v) is 11.0. The van der Waals surface area contributed by atoms with Crippen molar-refractivity contribution in [1.29, 1.82) is 0 Å². The van der Waals surface area contributed by atoms with Crippen LogP contribution in [0.5, 0.6) is 0 Å². The summed E-state index contributed by atoms with van der Waals surface area (Å²) in [5, 5.41) is 13.7. The highest BCUT2D eigenvalue weighted by Crippen LogP contribution is 2.40. The molecule has 3 aliphatic heterocycles. The number of hydroxylamine groups is 4. The molecule has 1 aromatic heterocycles. The number of urea groups is 1. The number of aliphatic imine (C=N–C) groups is 1. The number of alkyl carbamates (subject to hydrolysis) is 1. The molecule has 1 N–H and O–H groups in total. The van der Waals surface area contributed by atoms with E-state index in [0.717, 1.165) is 69.3 Å². The Balaban J connectivity index is 1.40. The van der Waals surface area contributed by atoms with Crippen molar-refractivity contribution in [3.05, 3.63) is 11.8 Å². The minimum absolute atomic E-state index is 0.0106. The summed E-state index contributed by atoms with van der Waals surface area (Å²) in [6.45, 7) is 20.3. The fraction of sp³-hybridized carbons (Fsp3) is 0.846. The highest BCUT2D eigenvalue weighted by molar-refractivity contribution is 7.81. The lowest BCUT2D eigenvalue weighted by atomic mass is 9.82. The molecule has 58 heavy (non-hydrogen) atoms. The van der Waals surface area contributed by atoms with Crippen molar-refractivity contribution < 1.29 is 45.3 Å². The van der Waals surface area contributed by atoms with Crippen LogP contribution in [0.25, 0.3) is 0 Å². The molecule has 0 radical (unpaired) electrons.